The number of halogens is 4. The molecule has 0 amide bonds. The highest BCUT2D eigenvalue weighted by atomic mass is 35.9. The Bertz CT molecular complexity index is 488. The van der Waals surface area contributed by atoms with E-state index < -0.39 is 6.00 Å². The van der Waals surface area contributed by atoms with E-state index in [-0.39, 0.29) is 5.28 Å². The quantitative estimate of drug-likeness (QED) is 0.464. The Morgan fingerprint density at radius 2 is 1.78 bits per heavy atom. The first kappa shape index (κ1) is 14.6. The summed E-state index contributed by atoms with van der Waals surface area (Å²) < 4.78 is 13.0. The molecule has 100 valence electrons. The molecule has 2 rings (SSSR count). The minimum atomic E-state index is -3.21. The van der Waals surface area contributed by atoms with Gasteiger partial charge in [-0.15, -0.1) is 0 Å². The van der Waals surface area contributed by atoms with E-state index in [1.165, 1.54) is 0 Å². The van der Waals surface area contributed by atoms with Crippen LogP contribution in [0.2, 0.25) is 10.4 Å². The van der Waals surface area contributed by atoms with Crippen LogP contribution in [0.4, 0.5) is 5.69 Å². The van der Waals surface area contributed by atoms with E-state index in [1.807, 2.05) is 4.90 Å². The van der Waals surface area contributed by atoms with Gasteiger partial charge in [0.1, 0.15) is 0 Å². The predicted molar refractivity (Wildman–Crippen MR) is 75.2 cm³/mol. The van der Waals surface area contributed by atoms with Crippen molar-refractivity contribution in [3.63, 3.8) is 0 Å². The number of piperazine rings is 1. The van der Waals surface area contributed by atoms with Crippen LogP contribution in [0.1, 0.15) is 0 Å². The molecule has 0 radical (unpaired) electrons. The third kappa shape index (κ3) is 3.41. The topological polar surface area (TPSA) is 49.3 Å². The van der Waals surface area contributed by atoms with Crippen LogP contribution in [0.15, 0.2) is 6.20 Å². The van der Waals surface area contributed by atoms with Gasteiger partial charge in [0, 0.05) is 26.2 Å². The fourth-order valence-electron chi connectivity index (χ4n) is 1.72. The molecular weight excluding hydrogens is 341 g/mol. The molecule has 0 atom stereocenters. The Labute approximate surface area is 124 Å². The van der Waals surface area contributed by atoms with Crippen molar-refractivity contribution in [1.29, 1.82) is 0 Å². The average Bonchev–Trinajstić information content (AvgIpc) is 2.28. The first-order valence-corrected chi connectivity index (χ1v) is 9.28. The lowest BCUT2D eigenvalue weighted by molar-refractivity contribution is 0.398. The number of rotatable bonds is 2. The van der Waals surface area contributed by atoms with E-state index in [1.54, 1.807) is 10.9 Å². The second kappa shape index (κ2) is 5.70. The SMILES string of the molecule is O=P(Cl)(Cl)N1CCN(c2cnc(Cl)nc2Cl)CC1. The normalized spacial score (nSPS) is 18.1. The van der Waals surface area contributed by atoms with E-state index in [0.29, 0.717) is 37.0 Å². The first-order valence-electron chi connectivity index (χ1n) is 5.05. The zero-order valence-corrected chi connectivity index (χ0v) is 13.0. The summed E-state index contributed by atoms with van der Waals surface area (Å²) in [6, 6.07) is 0. The maximum Gasteiger partial charge on any atom is 0.322 e. The molecule has 5 nitrogen and oxygen atoms in total. The monoisotopic (exact) mass is 348 g/mol. The molecule has 1 aromatic heterocycles. The van der Waals surface area contributed by atoms with Gasteiger partial charge in [-0.25, -0.2) is 14.6 Å². The van der Waals surface area contributed by atoms with Gasteiger partial charge in [0.05, 0.1) is 11.9 Å². The minimum absolute atomic E-state index is 0.105. The van der Waals surface area contributed by atoms with E-state index in [4.69, 9.17) is 45.7 Å². The van der Waals surface area contributed by atoms with Crippen molar-refractivity contribution < 1.29 is 4.57 Å². The molecule has 18 heavy (non-hydrogen) atoms. The molecule has 1 aliphatic rings. The lowest BCUT2D eigenvalue weighted by atomic mass is 10.3. The van der Waals surface area contributed by atoms with E-state index in [0.717, 1.165) is 0 Å². The van der Waals surface area contributed by atoms with Gasteiger partial charge in [-0.3, -0.25) is 4.57 Å². The summed E-state index contributed by atoms with van der Waals surface area (Å²) in [5.74, 6) is -3.21. The Morgan fingerprint density at radius 1 is 1.17 bits per heavy atom. The summed E-state index contributed by atoms with van der Waals surface area (Å²) in [5, 5.41) is 0.400. The summed E-state index contributed by atoms with van der Waals surface area (Å²) in [6.07, 6.45) is 1.56. The van der Waals surface area contributed by atoms with Crippen LogP contribution in [-0.4, -0.2) is 40.8 Å². The van der Waals surface area contributed by atoms with Gasteiger partial charge < -0.3 is 4.90 Å². The van der Waals surface area contributed by atoms with E-state index in [2.05, 4.69) is 9.97 Å². The minimum Gasteiger partial charge on any atom is -0.365 e. The number of hydrogen-bond acceptors (Lipinski definition) is 4. The van der Waals surface area contributed by atoms with Gasteiger partial charge in [-0.2, -0.15) is 0 Å². The molecular formula is C8H9Cl4N4OP. The van der Waals surface area contributed by atoms with Gasteiger partial charge in [0.15, 0.2) is 5.15 Å². The van der Waals surface area contributed by atoms with Gasteiger partial charge in [-0.1, -0.05) is 11.6 Å². The predicted octanol–water partition coefficient (Wildman–Crippen LogP) is 3.49. The van der Waals surface area contributed by atoms with E-state index in [9.17, 15) is 4.57 Å². The van der Waals surface area contributed by atoms with Crippen LogP contribution in [0.3, 0.4) is 0 Å². The second-order valence-electron chi connectivity index (χ2n) is 3.69. The number of hydrogen-bond donors (Lipinski definition) is 0. The van der Waals surface area contributed by atoms with Crippen LogP contribution in [0.25, 0.3) is 0 Å². The number of aromatic nitrogens is 2. The highest BCUT2D eigenvalue weighted by molar-refractivity contribution is 8.06. The molecule has 0 bridgehead atoms. The van der Waals surface area contributed by atoms with Crippen LogP contribution in [-0.2, 0) is 4.57 Å². The molecule has 0 spiro atoms. The van der Waals surface area contributed by atoms with Crippen LogP contribution >= 0.6 is 51.7 Å². The fourth-order valence-corrected chi connectivity index (χ4v) is 3.69. The largest absolute Gasteiger partial charge is 0.365 e. The molecule has 1 saturated heterocycles. The molecule has 1 aromatic rings. The van der Waals surface area contributed by atoms with Crippen molar-refractivity contribution in [2.24, 2.45) is 0 Å². The average molecular weight is 350 g/mol. The summed E-state index contributed by atoms with van der Waals surface area (Å²) in [5.41, 5.74) is 0.694. The Morgan fingerprint density at radius 3 is 2.28 bits per heavy atom. The molecule has 2 heterocycles. The maximum atomic E-state index is 11.5. The highest BCUT2D eigenvalue weighted by Crippen LogP contribution is 2.59. The molecule has 0 N–H and O–H groups in total. The van der Waals surface area contributed by atoms with Crippen molar-refractivity contribution in [3.05, 3.63) is 16.6 Å². The van der Waals surface area contributed by atoms with Crippen molar-refractivity contribution >= 4 is 57.4 Å². The van der Waals surface area contributed by atoms with Crippen LogP contribution < -0.4 is 4.90 Å². The summed E-state index contributed by atoms with van der Waals surface area (Å²) in [6.45, 7) is 2.16. The first-order chi connectivity index (χ1) is 8.38. The zero-order chi connectivity index (χ0) is 13.3. The molecule has 0 aromatic carbocycles. The maximum absolute atomic E-state index is 11.5. The molecule has 1 aliphatic heterocycles. The van der Waals surface area contributed by atoms with Gasteiger partial charge >= 0.3 is 6.00 Å². The molecule has 10 heteroatoms. The number of anilines is 1. The Kier molecular flexibility index (Phi) is 4.63. The van der Waals surface area contributed by atoms with Crippen molar-refractivity contribution in [3.8, 4) is 0 Å². The van der Waals surface area contributed by atoms with Gasteiger partial charge in [0.2, 0.25) is 5.28 Å². The molecule has 0 saturated carbocycles. The lowest BCUT2D eigenvalue weighted by Gasteiger charge is -2.35. The van der Waals surface area contributed by atoms with Gasteiger partial charge in [0.25, 0.3) is 0 Å². The lowest BCUT2D eigenvalue weighted by Crippen LogP contribution is -2.44. The molecule has 0 unspecified atom stereocenters. The number of nitrogens with zero attached hydrogens (tertiary/aromatic N) is 4. The fraction of sp³-hybridized carbons (Fsp3) is 0.500. The third-order valence-electron chi connectivity index (χ3n) is 2.62. The van der Waals surface area contributed by atoms with Crippen LogP contribution in [0.5, 0.6) is 0 Å². The van der Waals surface area contributed by atoms with Crippen LogP contribution in [0, 0.1) is 0 Å². The smallest absolute Gasteiger partial charge is 0.322 e. The Hall–Kier alpha value is 0.230. The summed E-state index contributed by atoms with van der Waals surface area (Å²) in [4.78, 5) is 9.74. The third-order valence-corrected chi connectivity index (χ3v) is 5.42. The van der Waals surface area contributed by atoms with Crippen molar-refractivity contribution in [1.82, 2.24) is 14.6 Å². The van der Waals surface area contributed by atoms with Crippen molar-refractivity contribution in [2.75, 3.05) is 31.1 Å². The van der Waals surface area contributed by atoms with E-state index >= 15 is 0 Å². The molecule has 0 aliphatic carbocycles. The Balaban J connectivity index is 2.08. The zero-order valence-electron chi connectivity index (χ0n) is 9.06. The summed E-state index contributed by atoms with van der Waals surface area (Å²) in [7, 11) is 0. The van der Waals surface area contributed by atoms with Gasteiger partial charge in [-0.05, 0) is 34.1 Å². The molecule has 1 fully saturated rings. The second-order valence-corrected chi connectivity index (χ2v) is 9.09. The van der Waals surface area contributed by atoms with Crippen molar-refractivity contribution in [2.45, 2.75) is 0 Å². The highest BCUT2D eigenvalue weighted by Gasteiger charge is 2.29. The summed E-state index contributed by atoms with van der Waals surface area (Å²) >= 11 is 22.9. The standard InChI is InChI=1S/C8H9Cl4N4OP/c9-7-6(5-13-8(10)14-7)15-1-3-16(4-2-15)18(11,12)17/h5H,1-4H2.